The van der Waals surface area contributed by atoms with Gasteiger partial charge >= 0.3 is 5.97 Å². The first-order valence-electron chi connectivity index (χ1n) is 12.6. The van der Waals surface area contributed by atoms with Gasteiger partial charge in [-0.15, -0.1) is 11.8 Å². The number of hydrogen-bond acceptors (Lipinski definition) is 12. The molecule has 1 fully saturated rings. The fourth-order valence-corrected chi connectivity index (χ4v) is 6.21. The number of aromatic nitrogens is 4. The first-order chi connectivity index (χ1) is 20.7. The second-order valence-electron chi connectivity index (χ2n) is 9.06. The second kappa shape index (κ2) is 12.3. The minimum atomic E-state index is -1.26. The van der Waals surface area contributed by atoms with Gasteiger partial charge in [0, 0.05) is 46.8 Å². The first-order valence-corrected chi connectivity index (χ1v) is 14.4. The minimum absolute atomic E-state index is 0.0498. The number of amides is 3. The topological polar surface area (TPSA) is 233 Å². The number of carboxylic acid groups (broad SMARTS) is 1. The van der Waals surface area contributed by atoms with E-state index in [1.165, 1.54) is 16.7 Å². The summed E-state index contributed by atoms with van der Waals surface area (Å²) in [6.45, 7) is 2.06. The van der Waals surface area contributed by atoms with Crippen molar-refractivity contribution in [1.29, 1.82) is 5.26 Å². The number of nitriles is 1. The molecule has 0 saturated carbocycles. The summed E-state index contributed by atoms with van der Waals surface area (Å²) in [5, 5.41) is 26.6. The Bertz CT molecular complexity index is 1710. The summed E-state index contributed by atoms with van der Waals surface area (Å²) in [7, 11) is 0. The van der Waals surface area contributed by atoms with E-state index in [4.69, 9.17) is 15.8 Å². The Labute approximate surface area is 251 Å². The maximum absolute atomic E-state index is 13.1. The molecule has 220 valence electrons. The maximum Gasteiger partial charge on any atom is 0.352 e. The molecule has 6 N–H and O–H groups in total. The van der Waals surface area contributed by atoms with Crippen molar-refractivity contribution < 1.29 is 33.7 Å². The summed E-state index contributed by atoms with van der Waals surface area (Å²) in [6.07, 6.45) is 6.72. The molecule has 3 amide bonds. The molecule has 43 heavy (non-hydrogen) atoms. The lowest BCUT2D eigenvalue weighted by Crippen LogP contribution is -2.71. The summed E-state index contributed by atoms with van der Waals surface area (Å²) in [5.41, 5.74) is 7.50. The average Bonchev–Trinajstić information content (AvgIpc) is 3.66. The number of nitrogens with two attached hydrogens (primary N) is 1. The number of pyridine rings is 1. The van der Waals surface area contributed by atoms with Crippen LogP contribution in [0.4, 0.5) is 5.13 Å². The number of carbonyl (C=O) groups is 4. The third-order valence-corrected chi connectivity index (χ3v) is 8.27. The van der Waals surface area contributed by atoms with Crippen molar-refractivity contribution in [3.63, 3.8) is 0 Å². The number of nitrogen functional groups attached to an aromatic ring is 1. The first kappa shape index (κ1) is 29.2. The van der Waals surface area contributed by atoms with Crippen LogP contribution in [0.3, 0.4) is 0 Å². The van der Waals surface area contributed by atoms with Gasteiger partial charge in [-0.2, -0.15) is 14.6 Å². The number of nitrogens with zero attached hydrogens (tertiary/aromatic N) is 6. The van der Waals surface area contributed by atoms with Crippen molar-refractivity contribution in [2.45, 2.75) is 24.9 Å². The van der Waals surface area contributed by atoms with Gasteiger partial charge in [0.15, 0.2) is 30.3 Å². The highest BCUT2D eigenvalue weighted by atomic mass is 32.2. The van der Waals surface area contributed by atoms with E-state index in [0.29, 0.717) is 11.3 Å². The number of carboxylic acids is 1. The molecule has 16 nitrogen and oxygen atoms in total. The number of anilines is 1. The molecule has 3 aromatic rings. The Morgan fingerprint density at radius 2 is 2.12 bits per heavy atom. The van der Waals surface area contributed by atoms with Crippen molar-refractivity contribution in [1.82, 2.24) is 29.9 Å². The quantitative estimate of drug-likeness (QED) is 0.0495. The van der Waals surface area contributed by atoms with Crippen LogP contribution >= 0.6 is 23.3 Å². The fraction of sp³-hybridized carbons (Fsp3) is 0.240. The summed E-state index contributed by atoms with van der Waals surface area (Å²) >= 11 is 2.20. The van der Waals surface area contributed by atoms with Crippen LogP contribution in [0, 0.1) is 11.5 Å². The lowest BCUT2D eigenvalue weighted by molar-refractivity contribution is -0.689. The molecule has 5 rings (SSSR count). The molecule has 2 unspecified atom stereocenters. The third kappa shape index (κ3) is 5.89. The van der Waals surface area contributed by atoms with E-state index >= 15 is 0 Å². The zero-order chi connectivity index (χ0) is 30.7. The molecule has 0 bridgehead atoms. The summed E-state index contributed by atoms with van der Waals surface area (Å²) < 4.78 is 5.75. The molecule has 18 heteroatoms. The number of hydrogen-bond donors (Lipinski definition) is 5. The van der Waals surface area contributed by atoms with Crippen LogP contribution in [0.25, 0.3) is 11.1 Å². The zero-order valence-electron chi connectivity index (χ0n) is 22.3. The molecule has 0 radical (unpaired) electrons. The van der Waals surface area contributed by atoms with Crippen LogP contribution in [-0.2, 0) is 25.8 Å². The van der Waals surface area contributed by atoms with E-state index in [1.54, 1.807) is 54.5 Å². The van der Waals surface area contributed by atoms with Crippen molar-refractivity contribution in [3.05, 3.63) is 59.6 Å². The van der Waals surface area contributed by atoms with Crippen molar-refractivity contribution in [3.8, 4) is 17.3 Å². The Hall–Kier alpha value is -5.28. The second-order valence-corrected chi connectivity index (χ2v) is 10.9. The van der Waals surface area contributed by atoms with Crippen molar-refractivity contribution >= 4 is 57.8 Å². The van der Waals surface area contributed by atoms with E-state index in [-0.39, 0.29) is 41.2 Å². The van der Waals surface area contributed by atoms with Gasteiger partial charge in [-0.05, 0) is 18.6 Å². The number of carbonyl (C=O) groups excluding carboxylic acids is 3. The van der Waals surface area contributed by atoms with E-state index in [2.05, 4.69) is 24.8 Å². The van der Waals surface area contributed by atoms with E-state index in [9.17, 15) is 24.3 Å². The number of thioether (sulfide) groups is 1. The molecule has 3 aromatic heterocycles. The van der Waals surface area contributed by atoms with Crippen LogP contribution < -0.4 is 20.9 Å². The van der Waals surface area contributed by atoms with Gasteiger partial charge in [-0.3, -0.25) is 24.6 Å². The summed E-state index contributed by atoms with van der Waals surface area (Å²) in [4.78, 5) is 63.2. The van der Waals surface area contributed by atoms with Gasteiger partial charge in [0.05, 0.1) is 0 Å². The van der Waals surface area contributed by atoms with Gasteiger partial charge in [-0.25, -0.2) is 9.36 Å². The van der Waals surface area contributed by atoms with Gasteiger partial charge in [0.1, 0.15) is 29.4 Å². The molecule has 0 aliphatic carbocycles. The van der Waals surface area contributed by atoms with Crippen LogP contribution in [0.1, 0.15) is 23.2 Å². The van der Waals surface area contributed by atoms with Crippen LogP contribution in [0.5, 0.6) is 0 Å². The number of aromatic amines is 1. The smallest absolute Gasteiger partial charge is 0.352 e. The molecule has 2 atom stereocenters. The molecule has 2 aliphatic rings. The van der Waals surface area contributed by atoms with Crippen molar-refractivity contribution in [2.24, 2.45) is 5.16 Å². The molecule has 1 saturated heterocycles. The SMILES string of the molecule is CCON=C(C(=O)NC1C(=O)N2C(C(=O)O)=C(C[n+]3ccc(-c4c[nH]c(C(=O)NC#N)c4)cc3)CSC12)c1nsc(N)n1. The van der Waals surface area contributed by atoms with Gasteiger partial charge in [0.2, 0.25) is 11.5 Å². The number of aliphatic carboxylic acids is 1. The molecule has 5 heterocycles. The predicted octanol–water partition coefficient (Wildman–Crippen LogP) is -0.207. The Morgan fingerprint density at radius 1 is 1.35 bits per heavy atom. The molecular weight excluding hydrogens is 600 g/mol. The summed E-state index contributed by atoms with van der Waals surface area (Å²) in [5.74, 6) is -2.89. The Kier molecular flexibility index (Phi) is 8.36. The van der Waals surface area contributed by atoms with Gasteiger partial charge < -0.3 is 26.0 Å². The highest BCUT2D eigenvalue weighted by Crippen LogP contribution is 2.40. The number of oxime groups is 1. The van der Waals surface area contributed by atoms with E-state index in [1.807, 2.05) is 5.32 Å². The Balaban J connectivity index is 1.29. The predicted molar refractivity (Wildman–Crippen MR) is 152 cm³/mol. The highest BCUT2D eigenvalue weighted by molar-refractivity contribution is 8.00. The standard InChI is InChI=1S/C25H22N10O6S2/c1-2-41-32-16(19-31-25(27)43-33-19)21(37)30-17-22(38)35-18(24(39)40)14(10-42-23(17)35)9-34-5-3-12(4-6-34)13-7-15(28-8-13)20(36)29-11-26/h3-8,17,23H,2,9-10H2,1H3,(H5,27,29,30,31,33,36,37,39,40)/p+1. The molecule has 0 aromatic carbocycles. The van der Waals surface area contributed by atoms with Gasteiger partial charge in [-0.1, -0.05) is 5.16 Å². The van der Waals surface area contributed by atoms with Crippen LogP contribution in [0.2, 0.25) is 0 Å². The minimum Gasteiger partial charge on any atom is -0.477 e. The molecule has 2 aliphatic heterocycles. The fourth-order valence-electron chi connectivity index (χ4n) is 4.44. The van der Waals surface area contributed by atoms with Crippen LogP contribution in [0.15, 0.2) is 53.2 Å². The number of β-lactam (4-membered cyclic amide) rings is 1. The lowest BCUT2D eigenvalue weighted by Gasteiger charge is -2.49. The number of H-pyrrole nitrogens is 1. The van der Waals surface area contributed by atoms with Crippen LogP contribution in [-0.4, -0.2) is 77.5 Å². The lowest BCUT2D eigenvalue weighted by atomic mass is 10.0. The number of rotatable bonds is 10. The molecule has 0 spiro atoms. The largest absolute Gasteiger partial charge is 0.477 e. The monoisotopic (exact) mass is 623 g/mol. The average molecular weight is 624 g/mol. The van der Waals surface area contributed by atoms with E-state index < -0.39 is 35.1 Å². The van der Waals surface area contributed by atoms with Gasteiger partial charge in [0.25, 0.3) is 17.7 Å². The third-order valence-electron chi connectivity index (χ3n) is 6.38. The number of nitrogens with one attached hydrogen (secondary N) is 3. The maximum atomic E-state index is 13.1. The van der Waals surface area contributed by atoms with Crippen molar-refractivity contribution in [2.75, 3.05) is 18.1 Å². The highest BCUT2D eigenvalue weighted by Gasteiger charge is 2.55. The summed E-state index contributed by atoms with van der Waals surface area (Å²) in [6, 6.07) is 4.20. The molecular formula is C25H23N10O6S2+. The number of fused-ring (bicyclic) bond motifs is 1. The zero-order valence-corrected chi connectivity index (χ0v) is 23.9. The normalized spacial score (nSPS) is 17.9. The van der Waals surface area contributed by atoms with E-state index in [0.717, 1.165) is 22.7 Å². The Morgan fingerprint density at radius 3 is 2.77 bits per heavy atom.